The molecule has 118 valence electrons. The topological polar surface area (TPSA) is 30.5 Å². The molecular weight excluding hydrogens is 250 g/mol. The van der Waals surface area contributed by atoms with Gasteiger partial charge in [-0.2, -0.15) is 0 Å². The van der Waals surface area contributed by atoms with E-state index in [1.54, 1.807) is 0 Å². The zero-order valence-corrected chi connectivity index (χ0v) is 13.5. The van der Waals surface area contributed by atoms with Gasteiger partial charge in [0, 0.05) is 18.9 Å². The van der Waals surface area contributed by atoms with Crippen LogP contribution in [0.2, 0.25) is 0 Å². The highest BCUT2D eigenvalue weighted by Gasteiger charge is 2.39. The quantitative estimate of drug-likeness (QED) is 0.686. The van der Waals surface area contributed by atoms with E-state index in [-0.39, 0.29) is 5.79 Å². The molecule has 3 nitrogen and oxygen atoms in total. The fourth-order valence-corrected chi connectivity index (χ4v) is 3.38. The van der Waals surface area contributed by atoms with Crippen LogP contribution in [0.1, 0.15) is 71.6 Å². The van der Waals surface area contributed by atoms with Gasteiger partial charge in [0.2, 0.25) is 0 Å². The molecule has 3 heteroatoms. The third-order valence-electron chi connectivity index (χ3n) is 4.70. The van der Waals surface area contributed by atoms with Crippen LogP contribution < -0.4 is 5.32 Å². The third-order valence-corrected chi connectivity index (χ3v) is 4.70. The van der Waals surface area contributed by atoms with Crippen LogP contribution in [-0.4, -0.2) is 31.6 Å². The standard InChI is InChI=1S/C17H33NO2/c1-15(2)7-5-3-4-6-12-18-16-8-10-17(11-9-16)19-13-14-20-17/h15-16,18H,3-14H2,1-2H3. The lowest BCUT2D eigenvalue weighted by Crippen LogP contribution is -2.42. The van der Waals surface area contributed by atoms with Crippen LogP contribution in [0.3, 0.4) is 0 Å². The van der Waals surface area contributed by atoms with Gasteiger partial charge in [-0.15, -0.1) is 0 Å². The van der Waals surface area contributed by atoms with Gasteiger partial charge in [-0.1, -0.05) is 39.5 Å². The van der Waals surface area contributed by atoms with Crippen molar-refractivity contribution < 1.29 is 9.47 Å². The van der Waals surface area contributed by atoms with Crippen molar-refractivity contribution in [3.8, 4) is 0 Å². The first kappa shape index (κ1) is 16.3. The van der Waals surface area contributed by atoms with E-state index < -0.39 is 0 Å². The molecule has 0 amide bonds. The second-order valence-corrected chi connectivity index (χ2v) is 6.93. The molecule has 1 heterocycles. The van der Waals surface area contributed by atoms with Gasteiger partial charge in [0.1, 0.15) is 0 Å². The van der Waals surface area contributed by atoms with Gasteiger partial charge in [0.15, 0.2) is 5.79 Å². The van der Waals surface area contributed by atoms with Crippen LogP contribution in [0.25, 0.3) is 0 Å². The number of ether oxygens (including phenoxy) is 2. The second-order valence-electron chi connectivity index (χ2n) is 6.93. The lowest BCUT2D eigenvalue weighted by Gasteiger charge is -2.35. The molecule has 0 aromatic rings. The first-order valence-electron chi connectivity index (χ1n) is 8.71. The molecule has 0 radical (unpaired) electrons. The Kier molecular flexibility index (Phi) is 6.79. The number of nitrogens with one attached hydrogen (secondary N) is 1. The van der Waals surface area contributed by atoms with Crippen molar-refractivity contribution in [2.45, 2.75) is 83.5 Å². The summed E-state index contributed by atoms with van der Waals surface area (Å²) in [7, 11) is 0. The molecule has 1 aliphatic heterocycles. The molecule has 0 unspecified atom stereocenters. The van der Waals surface area contributed by atoms with E-state index in [1.807, 2.05) is 0 Å². The van der Waals surface area contributed by atoms with E-state index in [0.29, 0.717) is 6.04 Å². The first-order chi connectivity index (χ1) is 9.70. The van der Waals surface area contributed by atoms with E-state index in [1.165, 1.54) is 51.5 Å². The summed E-state index contributed by atoms with van der Waals surface area (Å²) < 4.78 is 11.5. The summed E-state index contributed by atoms with van der Waals surface area (Å²) in [6.07, 6.45) is 11.4. The average molecular weight is 283 g/mol. The fourth-order valence-electron chi connectivity index (χ4n) is 3.38. The number of hydrogen-bond acceptors (Lipinski definition) is 3. The van der Waals surface area contributed by atoms with Crippen LogP contribution in [0.5, 0.6) is 0 Å². The van der Waals surface area contributed by atoms with Crippen molar-refractivity contribution >= 4 is 0 Å². The maximum atomic E-state index is 5.77. The number of rotatable bonds is 8. The zero-order chi connectivity index (χ0) is 14.3. The summed E-state index contributed by atoms with van der Waals surface area (Å²) in [5.74, 6) is 0.664. The summed E-state index contributed by atoms with van der Waals surface area (Å²) >= 11 is 0. The van der Waals surface area contributed by atoms with Gasteiger partial charge in [-0.05, 0) is 31.7 Å². The summed E-state index contributed by atoms with van der Waals surface area (Å²) in [5.41, 5.74) is 0. The van der Waals surface area contributed by atoms with Crippen LogP contribution in [0.4, 0.5) is 0 Å². The molecule has 2 aliphatic rings. The van der Waals surface area contributed by atoms with Crippen LogP contribution >= 0.6 is 0 Å². The number of hydrogen-bond donors (Lipinski definition) is 1. The van der Waals surface area contributed by atoms with Gasteiger partial charge < -0.3 is 14.8 Å². The normalized spacial score (nSPS) is 22.9. The van der Waals surface area contributed by atoms with Gasteiger partial charge in [-0.25, -0.2) is 0 Å². The molecular formula is C17H33NO2. The maximum absolute atomic E-state index is 5.77. The highest BCUT2D eigenvalue weighted by Crippen LogP contribution is 2.35. The largest absolute Gasteiger partial charge is 0.348 e. The highest BCUT2D eigenvalue weighted by molar-refractivity contribution is 4.85. The Morgan fingerprint density at radius 1 is 1.00 bits per heavy atom. The minimum atomic E-state index is -0.199. The van der Waals surface area contributed by atoms with Crippen molar-refractivity contribution in [3.63, 3.8) is 0 Å². The molecule has 1 spiro atoms. The van der Waals surface area contributed by atoms with Crippen LogP contribution in [-0.2, 0) is 9.47 Å². The lowest BCUT2D eigenvalue weighted by atomic mass is 9.90. The molecule has 0 bridgehead atoms. The van der Waals surface area contributed by atoms with E-state index in [0.717, 1.165) is 32.0 Å². The van der Waals surface area contributed by atoms with Crippen molar-refractivity contribution in [3.05, 3.63) is 0 Å². The van der Waals surface area contributed by atoms with Crippen LogP contribution in [0, 0.1) is 5.92 Å². The second kappa shape index (κ2) is 8.35. The summed E-state index contributed by atoms with van der Waals surface area (Å²) in [5, 5.41) is 3.72. The first-order valence-corrected chi connectivity index (χ1v) is 8.71. The predicted molar refractivity (Wildman–Crippen MR) is 82.8 cm³/mol. The minimum absolute atomic E-state index is 0.199. The van der Waals surface area contributed by atoms with E-state index >= 15 is 0 Å². The average Bonchev–Trinajstić information content (AvgIpc) is 2.88. The monoisotopic (exact) mass is 283 g/mol. The smallest absolute Gasteiger partial charge is 0.168 e. The predicted octanol–water partition coefficient (Wildman–Crippen LogP) is 3.87. The van der Waals surface area contributed by atoms with E-state index in [9.17, 15) is 0 Å². The Labute approximate surface area is 124 Å². The van der Waals surface area contributed by atoms with Gasteiger partial charge >= 0.3 is 0 Å². The van der Waals surface area contributed by atoms with Crippen LogP contribution in [0.15, 0.2) is 0 Å². The SMILES string of the molecule is CC(C)CCCCCCNC1CCC2(CC1)OCCO2. The van der Waals surface area contributed by atoms with E-state index in [4.69, 9.17) is 9.47 Å². The highest BCUT2D eigenvalue weighted by atomic mass is 16.7. The van der Waals surface area contributed by atoms with Gasteiger partial charge in [0.05, 0.1) is 13.2 Å². The molecule has 2 rings (SSSR count). The summed E-state index contributed by atoms with van der Waals surface area (Å²) in [4.78, 5) is 0. The van der Waals surface area contributed by atoms with Gasteiger partial charge in [-0.3, -0.25) is 0 Å². The molecule has 0 aromatic heterocycles. The molecule has 2 fully saturated rings. The summed E-state index contributed by atoms with van der Waals surface area (Å²) in [6, 6.07) is 0.684. The third kappa shape index (κ3) is 5.34. The molecule has 1 saturated carbocycles. The maximum Gasteiger partial charge on any atom is 0.168 e. The Balaban J connectivity index is 1.45. The van der Waals surface area contributed by atoms with E-state index in [2.05, 4.69) is 19.2 Å². The minimum Gasteiger partial charge on any atom is -0.348 e. The molecule has 0 aromatic carbocycles. The zero-order valence-electron chi connectivity index (χ0n) is 13.5. The van der Waals surface area contributed by atoms with Crippen molar-refractivity contribution in [2.75, 3.05) is 19.8 Å². The molecule has 1 aliphatic carbocycles. The Morgan fingerprint density at radius 3 is 2.30 bits per heavy atom. The fraction of sp³-hybridized carbons (Fsp3) is 1.00. The summed E-state index contributed by atoms with van der Waals surface area (Å²) in [6.45, 7) is 7.38. The van der Waals surface area contributed by atoms with Crippen molar-refractivity contribution in [1.29, 1.82) is 0 Å². The molecule has 0 atom stereocenters. The Bertz CT molecular complexity index is 252. The van der Waals surface area contributed by atoms with Crippen molar-refractivity contribution in [2.24, 2.45) is 5.92 Å². The Morgan fingerprint density at radius 2 is 1.65 bits per heavy atom. The molecule has 20 heavy (non-hydrogen) atoms. The van der Waals surface area contributed by atoms with Gasteiger partial charge in [0.25, 0.3) is 0 Å². The number of unbranched alkanes of at least 4 members (excludes halogenated alkanes) is 3. The Hall–Kier alpha value is -0.120. The molecule has 1 N–H and O–H groups in total. The van der Waals surface area contributed by atoms with Crippen molar-refractivity contribution in [1.82, 2.24) is 5.32 Å². The molecule has 1 saturated heterocycles. The lowest BCUT2D eigenvalue weighted by molar-refractivity contribution is -0.179.